The number of fused-ring (bicyclic) bond motifs is 1. The summed E-state index contributed by atoms with van der Waals surface area (Å²) in [5.74, 6) is 2.11. The molecule has 144 valence electrons. The second kappa shape index (κ2) is 8.07. The van der Waals surface area contributed by atoms with Crippen LogP contribution in [0.2, 0.25) is 0 Å². The summed E-state index contributed by atoms with van der Waals surface area (Å²) in [4.78, 5) is 13.9. The van der Waals surface area contributed by atoms with E-state index in [2.05, 4.69) is 42.3 Å². The first kappa shape index (κ1) is 18.6. The molecule has 0 bridgehead atoms. The van der Waals surface area contributed by atoms with Crippen molar-refractivity contribution < 1.29 is 0 Å². The van der Waals surface area contributed by atoms with Crippen molar-refractivity contribution in [3.05, 3.63) is 59.7 Å². The van der Waals surface area contributed by atoms with Crippen LogP contribution in [0.3, 0.4) is 0 Å². The van der Waals surface area contributed by atoms with E-state index in [1.807, 2.05) is 30.4 Å². The highest BCUT2D eigenvalue weighted by molar-refractivity contribution is 5.90. The lowest BCUT2D eigenvalue weighted by atomic mass is 9.83. The summed E-state index contributed by atoms with van der Waals surface area (Å²) in [6.45, 7) is 4.37. The van der Waals surface area contributed by atoms with Crippen LogP contribution in [0.25, 0.3) is 23.1 Å². The Kier molecular flexibility index (Phi) is 5.35. The van der Waals surface area contributed by atoms with Gasteiger partial charge in [-0.3, -0.25) is 4.98 Å². The lowest BCUT2D eigenvalue weighted by Gasteiger charge is -2.33. The van der Waals surface area contributed by atoms with Gasteiger partial charge in [0.05, 0.1) is 11.2 Å². The third-order valence-electron chi connectivity index (χ3n) is 5.49. The number of hydrogen-bond donors (Lipinski definition) is 2. The molecule has 0 spiro atoms. The first-order chi connectivity index (χ1) is 13.6. The molecule has 0 amide bonds. The second-order valence-corrected chi connectivity index (χ2v) is 7.84. The van der Waals surface area contributed by atoms with E-state index in [0.717, 1.165) is 41.7 Å². The van der Waals surface area contributed by atoms with Crippen molar-refractivity contribution in [3.63, 3.8) is 0 Å². The lowest BCUT2D eigenvalue weighted by molar-refractivity contribution is 0.314. The normalized spacial score (nSPS) is 22.6. The maximum absolute atomic E-state index is 6.14. The molecule has 2 aromatic heterocycles. The summed E-state index contributed by atoms with van der Waals surface area (Å²) >= 11 is 0. The van der Waals surface area contributed by atoms with Gasteiger partial charge in [0, 0.05) is 23.7 Å². The minimum Gasteiger partial charge on any atom is -0.366 e. The highest BCUT2D eigenvalue weighted by atomic mass is 15.1. The average Bonchev–Trinajstić information content (AvgIpc) is 2.69. The fourth-order valence-corrected chi connectivity index (χ4v) is 3.91. The number of hydrogen-bond acceptors (Lipinski definition) is 5. The third-order valence-corrected chi connectivity index (χ3v) is 5.49. The zero-order chi connectivity index (χ0) is 19.5. The summed E-state index contributed by atoms with van der Waals surface area (Å²) in [5, 5.41) is 4.77. The first-order valence-corrected chi connectivity index (χ1v) is 9.98. The highest BCUT2D eigenvalue weighted by Crippen LogP contribution is 2.29. The quantitative estimate of drug-likeness (QED) is 0.707. The molecule has 1 saturated carbocycles. The number of benzene rings is 1. The van der Waals surface area contributed by atoms with Crippen LogP contribution in [0, 0.1) is 12.8 Å². The maximum atomic E-state index is 6.14. The molecule has 0 unspecified atom stereocenters. The number of rotatable bonds is 4. The predicted molar refractivity (Wildman–Crippen MR) is 116 cm³/mol. The van der Waals surface area contributed by atoms with Crippen molar-refractivity contribution in [1.82, 2.24) is 15.0 Å². The van der Waals surface area contributed by atoms with Gasteiger partial charge in [0.1, 0.15) is 5.82 Å². The molecule has 2 heterocycles. The first-order valence-electron chi connectivity index (χ1n) is 9.98. The second-order valence-electron chi connectivity index (χ2n) is 7.84. The molecular weight excluding hydrogens is 346 g/mol. The maximum Gasteiger partial charge on any atom is 0.155 e. The van der Waals surface area contributed by atoms with Crippen LogP contribution in [0.1, 0.15) is 43.3 Å². The summed E-state index contributed by atoms with van der Waals surface area (Å²) in [5.41, 5.74) is 9.18. The van der Waals surface area contributed by atoms with Gasteiger partial charge < -0.3 is 11.1 Å². The number of nitrogens with zero attached hydrogens (tertiary/aromatic N) is 3. The number of pyridine rings is 1. The number of nitrogens with two attached hydrogens (primary N) is 1. The Balaban J connectivity index is 1.69. The molecule has 1 aliphatic carbocycles. The van der Waals surface area contributed by atoms with Crippen molar-refractivity contribution in [2.45, 2.75) is 45.2 Å². The van der Waals surface area contributed by atoms with Crippen LogP contribution >= 0.6 is 0 Å². The minimum absolute atomic E-state index is 0.314. The number of aryl methyl sites for hydroxylation is 1. The Bertz CT molecular complexity index is 983. The van der Waals surface area contributed by atoms with E-state index in [9.17, 15) is 0 Å². The van der Waals surface area contributed by atoms with Gasteiger partial charge in [-0.25, -0.2) is 9.97 Å². The molecule has 28 heavy (non-hydrogen) atoms. The molecule has 0 aliphatic heterocycles. The van der Waals surface area contributed by atoms with Crippen LogP contribution in [0.15, 0.2) is 42.6 Å². The summed E-state index contributed by atoms with van der Waals surface area (Å²) in [7, 11) is 0. The van der Waals surface area contributed by atoms with E-state index in [-0.39, 0.29) is 0 Å². The molecule has 4 rings (SSSR count). The number of aromatic nitrogens is 3. The Morgan fingerprint density at radius 1 is 1.11 bits per heavy atom. The van der Waals surface area contributed by atoms with Crippen molar-refractivity contribution in [1.29, 1.82) is 0 Å². The average molecular weight is 374 g/mol. The van der Waals surface area contributed by atoms with E-state index >= 15 is 0 Å². The number of anilines is 1. The Morgan fingerprint density at radius 2 is 2.00 bits per heavy atom. The van der Waals surface area contributed by atoms with Gasteiger partial charge in [-0.15, -0.1) is 0 Å². The zero-order valence-corrected chi connectivity index (χ0v) is 16.5. The summed E-state index contributed by atoms with van der Waals surface area (Å²) in [6.07, 6.45) is 8.82. The van der Waals surface area contributed by atoms with Crippen LogP contribution in [-0.2, 0) is 0 Å². The molecule has 1 fully saturated rings. The highest BCUT2D eigenvalue weighted by Gasteiger charge is 2.26. The third kappa shape index (κ3) is 4.20. The molecule has 5 heteroatoms. The van der Waals surface area contributed by atoms with Crippen LogP contribution in [0.5, 0.6) is 0 Å². The Labute approximate surface area is 166 Å². The lowest BCUT2D eigenvalue weighted by Crippen LogP contribution is -2.39. The molecule has 3 aromatic rings. The van der Waals surface area contributed by atoms with Gasteiger partial charge in [-0.05, 0) is 68.5 Å². The largest absolute Gasteiger partial charge is 0.366 e. The predicted octanol–water partition coefficient (Wildman–Crippen LogP) is 4.43. The van der Waals surface area contributed by atoms with Crippen molar-refractivity contribution in [2.24, 2.45) is 11.7 Å². The van der Waals surface area contributed by atoms with Crippen LogP contribution in [-0.4, -0.2) is 27.0 Å². The van der Waals surface area contributed by atoms with E-state index in [4.69, 9.17) is 15.7 Å². The van der Waals surface area contributed by atoms with Gasteiger partial charge >= 0.3 is 0 Å². The van der Waals surface area contributed by atoms with Gasteiger partial charge in [0.25, 0.3) is 0 Å². The molecule has 1 aromatic carbocycles. The standard InChI is InChI=1S/C23H27N5/c1-15-6-9-21-19(13-15)23(27-20-10-7-17(24)14-16(20)2)28-22(26-21)11-8-18-5-3-4-12-25-18/h3-6,8-9,11-13,16-17,20H,7,10,14,24H2,1-2H3,(H,26,27,28)/b11-8+/t16-,17+,20-/m0/s1. The van der Waals surface area contributed by atoms with E-state index < -0.39 is 0 Å². The zero-order valence-electron chi connectivity index (χ0n) is 16.5. The van der Waals surface area contributed by atoms with Gasteiger partial charge in [0.2, 0.25) is 0 Å². The summed E-state index contributed by atoms with van der Waals surface area (Å²) in [6, 6.07) is 12.9. The summed E-state index contributed by atoms with van der Waals surface area (Å²) < 4.78 is 0. The molecular formula is C23H27N5. The monoisotopic (exact) mass is 373 g/mol. The van der Waals surface area contributed by atoms with Crippen molar-refractivity contribution in [3.8, 4) is 0 Å². The van der Waals surface area contributed by atoms with E-state index in [1.165, 1.54) is 5.56 Å². The van der Waals surface area contributed by atoms with Gasteiger partial charge in [0.15, 0.2) is 5.82 Å². The molecule has 0 saturated heterocycles. The van der Waals surface area contributed by atoms with E-state index in [1.54, 1.807) is 6.20 Å². The minimum atomic E-state index is 0.314. The van der Waals surface area contributed by atoms with E-state index in [0.29, 0.717) is 23.8 Å². The van der Waals surface area contributed by atoms with Crippen molar-refractivity contribution in [2.75, 3.05) is 5.32 Å². The molecule has 1 aliphatic rings. The number of nitrogens with one attached hydrogen (secondary N) is 1. The molecule has 0 radical (unpaired) electrons. The smallest absolute Gasteiger partial charge is 0.155 e. The molecule has 3 atom stereocenters. The Morgan fingerprint density at radius 3 is 2.79 bits per heavy atom. The molecule has 3 N–H and O–H groups in total. The van der Waals surface area contributed by atoms with Crippen LogP contribution < -0.4 is 11.1 Å². The SMILES string of the molecule is Cc1ccc2nc(/C=C/c3ccccn3)nc(N[C@H]3CC[C@@H](N)C[C@@H]3C)c2c1. The Hall–Kier alpha value is -2.79. The fraction of sp³-hybridized carbons (Fsp3) is 0.348. The van der Waals surface area contributed by atoms with Gasteiger partial charge in [-0.1, -0.05) is 24.6 Å². The fourth-order valence-electron chi connectivity index (χ4n) is 3.91. The van der Waals surface area contributed by atoms with Crippen molar-refractivity contribution >= 4 is 28.9 Å². The topological polar surface area (TPSA) is 76.7 Å². The van der Waals surface area contributed by atoms with Crippen LogP contribution in [0.4, 0.5) is 5.82 Å². The molecule has 5 nitrogen and oxygen atoms in total. The van der Waals surface area contributed by atoms with Gasteiger partial charge in [-0.2, -0.15) is 0 Å².